The van der Waals surface area contributed by atoms with E-state index in [1.165, 1.54) is 4.90 Å². The van der Waals surface area contributed by atoms with E-state index in [0.29, 0.717) is 25.3 Å². The van der Waals surface area contributed by atoms with Gasteiger partial charge in [0, 0.05) is 20.0 Å². The summed E-state index contributed by atoms with van der Waals surface area (Å²) in [6, 6.07) is 0. The summed E-state index contributed by atoms with van der Waals surface area (Å²) in [5.41, 5.74) is -0.839. The average Bonchev–Trinajstić information content (AvgIpc) is 2.95. The van der Waals surface area contributed by atoms with Gasteiger partial charge in [0.15, 0.2) is 0 Å². The predicted molar refractivity (Wildman–Crippen MR) is 59.9 cm³/mol. The van der Waals surface area contributed by atoms with Crippen LogP contribution in [-0.4, -0.2) is 45.1 Å². The Balaban J connectivity index is 2.13. The largest absolute Gasteiger partial charge is 0.481 e. The Bertz CT molecular complexity index is 484. The lowest BCUT2D eigenvalue weighted by Gasteiger charge is -2.22. The zero-order valence-corrected chi connectivity index (χ0v) is 10.3. The number of hydrogen-bond donors (Lipinski definition) is 1. The van der Waals surface area contributed by atoms with Crippen LogP contribution in [-0.2, 0) is 4.79 Å². The van der Waals surface area contributed by atoms with Crippen LogP contribution >= 0.6 is 0 Å². The number of amides is 1. The molecule has 7 nitrogen and oxygen atoms in total. The Morgan fingerprint density at radius 2 is 2.28 bits per heavy atom. The van der Waals surface area contributed by atoms with E-state index in [0.717, 1.165) is 0 Å². The highest BCUT2D eigenvalue weighted by atomic mass is 16.5. The molecule has 1 aliphatic rings. The molecule has 1 saturated heterocycles. The van der Waals surface area contributed by atoms with Crippen molar-refractivity contribution in [2.24, 2.45) is 5.41 Å². The second-order valence-electron chi connectivity index (χ2n) is 4.55. The molecule has 1 aromatic heterocycles. The van der Waals surface area contributed by atoms with E-state index in [-0.39, 0.29) is 18.3 Å². The Morgan fingerprint density at radius 3 is 2.72 bits per heavy atom. The Labute approximate surface area is 104 Å². The van der Waals surface area contributed by atoms with E-state index < -0.39 is 11.4 Å². The van der Waals surface area contributed by atoms with Crippen LogP contribution in [0.3, 0.4) is 0 Å². The molecule has 2 rings (SSSR count). The summed E-state index contributed by atoms with van der Waals surface area (Å²) in [7, 11) is 0. The van der Waals surface area contributed by atoms with Crippen molar-refractivity contribution in [3.8, 4) is 0 Å². The summed E-state index contributed by atoms with van der Waals surface area (Å²) < 4.78 is 4.75. The fourth-order valence-electron chi connectivity index (χ4n) is 2.19. The molecule has 1 amide bonds. The quantitative estimate of drug-likeness (QED) is 0.851. The van der Waals surface area contributed by atoms with Gasteiger partial charge in [-0.3, -0.25) is 9.59 Å². The predicted octanol–water partition coefficient (Wildman–Crippen LogP) is 0.705. The molecule has 0 radical (unpaired) electrons. The highest BCUT2D eigenvalue weighted by Crippen LogP contribution is 2.34. The third kappa shape index (κ3) is 1.96. The van der Waals surface area contributed by atoms with Crippen LogP contribution in [0.1, 0.15) is 36.3 Å². The Morgan fingerprint density at radius 1 is 1.56 bits per heavy atom. The number of carbonyl (C=O) groups excluding carboxylic acids is 1. The van der Waals surface area contributed by atoms with Crippen LogP contribution in [0.5, 0.6) is 0 Å². The van der Waals surface area contributed by atoms with Crippen LogP contribution in [0.15, 0.2) is 4.52 Å². The summed E-state index contributed by atoms with van der Waals surface area (Å²) in [6.07, 6.45) is 0.957. The maximum atomic E-state index is 12.0. The molecule has 1 atom stereocenters. The lowest BCUT2D eigenvalue weighted by Crippen LogP contribution is -2.36. The molecule has 0 aromatic carbocycles. The monoisotopic (exact) mass is 253 g/mol. The molecule has 1 aromatic rings. The average molecular weight is 253 g/mol. The number of nitrogens with zero attached hydrogens (tertiary/aromatic N) is 3. The van der Waals surface area contributed by atoms with Crippen molar-refractivity contribution >= 4 is 11.9 Å². The first kappa shape index (κ1) is 12.5. The van der Waals surface area contributed by atoms with Gasteiger partial charge in [-0.25, -0.2) is 0 Å². The Hall–Kier alpha value is -1.92. The summed E-state index contributed by atoms with van der Waals surface area (Å²) in [4.78, 5) is 28.6. The zero-order chi connectivity index (χ0) is 13.3. The first-order chi connectivity index (χ1) is 8.48. The topological polar surface area (TPSA) is 96.5 Å². The molecule has 0 aliphatic carbocycles. The van der Waals surface area contributed by atoms with E-state index in [9.17, 15) is 14.7 Å². The minimum absolute atomic E-state index is 0.00945. The van der Waals surface area contributed by atoms with Gasteiger partial charge in [-0.2, -0.15) is 4.98 Å². The summed E-state index contributed by atoms with van der Waals surface area (Å²) in [6.45, 7) is 4.03. The Kier molecular flexibility index (Phi) is 3.06. The maximum absolute atomic E-state index is 12.0. The second-order valence-corrected chi connectivity index (χ2v) is 4.55. The first-order valence-corrected chi connectivity index (χ1v) is 5.81. The zero-order valence-electron chi connectivity index (χ0n) is 10.3. The summed E-state index contributed by atoms with van der Waals surface area (Å²) in [5.74, 6) is -0.921. The van der Waals surface area contributed by atoms with Crippen molar-refractivity contribution < 1.29 is 19.2 Å². The molecule has 1 fully saturated rings. The van der Waals surface area contributed by atoms with Gasteiger partial charge >= 0.3 is 5.97 Å². The molecule has 2 heterocycles. The number of aliphatic carboxylic acids is 1. The van der Waals surface area contributed by atoms with Crippen LogP contribution in [0.2, 0.25) is 0 Å². The van der Waals surface area contributed by atoms with E-state index in [1.54, 1.807) is 6.92 Å². The number of hydrogen-bond acceptors (Lipinski definition) is 5. The smallest absolute Gasteiger partial charge is 0.311 e. The summed E-state index contributed by atoms with van der Waals surface area (Å²) >= 11 is 0. The third-order valence-corrected chi connectivity index (χ3v) is 3.49. The van der Waals surface area contributed by atoms with Crippen molar-refractivity contribution in [3.05, 3.63) is 11.7 Å². The number of carboxylic acid groups (broad SMARTS) is 1. The van der Waals surface area contributed by atoms with Crippen molar-refractivity contribution in [2.45, 2.75) is 26.7 Å². The number of rotatable bonds is 3. The molecule has 7 heteroatoms. The molecule has 98 valence electrons. The minimum Gasteiger partial charge on any atom is -0.481 e. The SMILES string of the molecule is CCC1(C(=O)O)CCN(C(=O)c2noc(C)n2)C1. The van der Waals surface area contributed by atoms with Crippen LogP contribution in [0.25, 0.3) is 0 Å². The molecule has 1 unspecified atom stereocenters. The van der Waals surface area contributed by atoms with Crippen LogP contribution in [0.4, 0.5) is 0 Å². The van der Waals surface area contributed by atoms with E-state index in [2.05, 4.69) is 10.1 Å². The van der Waals surface area contributed by atoms with Gasteiger partial charge in [0.05, 0.1) is 5.41 Å². The van der Waals surface area contributed by atoms with Crippen LogP contribution in [0, 0.1) is 12.3 Å². The molecule has 0 bridgehead atoms. The van der Waals surface area contributed by atoms with E-state index in [1.807, 2.05) is 6.92 Å². The van der Waals surface area contributed by atoms with Crippen molar-refractivity contribution in [2.75, 3.05) is 13.1 Å². The molecule has 0 saturated carbocycles. The fraction of sp³-hybridized carbons (Fsp3) is 0.636. The van der Waals surface area contributed by atoms with Gasteiger partial charge in [0.25, 0.3) is 11.7 Å². The third-order valence-electron chi connectivity index (χ3n) is 3.49. The van der Waals surface area contributed by atoms with Gasteiger partial charge in [-0.1, -0.05) is 12.1 Å². The number of likely N-dealkylation sites (tertiary alicyclic amines) is 1. The first-order valence-electron chi connectivity index (χ1n) is 5.81. The van der Waals surface area contributed by atoms with Gasteiger partial charge in [-0.05, 0) is 12.8 Å². The van der Waals surface area contributed by atoms with Gasteiger partial charge in [0.1, 0.15) is 0 Å². The normalized spacial score (nSPS) is 23.3. The minimum atomic E-state index is -0.857. The number of carbonyl (C=O) groups is 2. The lowest BCUT2D eigenvalue weighted by molar-refractivity contribution is -0.148. The summed E-state index contributed by atoms with van der Waals surface area (Å²) in [5, 5.41) is 12.8. The number of carboxylic acids is 1. The molecule has 0 spiro atoms. The van der Waals surface area contributed by atoms with Crippen LogP contribution < -0.4 is 0 Å². The standard InChI is InChI=1S/C11H15N3O4/c1-3-11(10(16)17)4-5-14(6-11)9(15)8-12-7(2)18-13-8/h3-6H2,1-2H3,(H,16,17). The van der Waals surface area contributed by atoms with E-state index >= 15 is 0 Å². The maximum Gasteiger partial charge on any atom is 0.311 e. The van der Waals surface area contributed by atoms with Crippen molar-refractivity contribution in [1.82, 2.24) is 15.0 Å². The number of aryl methyl sites for hydroxylation is 1. The van der Waals surface area contributed by atoms with Crippen molar-refractivity contribution in [3.63, 3.8) is 0 Å². The van der Waals surface area contributed by atoms with Gasteiger partial charge in [0.2, 0.25) is 5.89 Å². The molecule has 1 N–H and O–H groups in total. The highest BCUT2D eigenvalue weighted by Gasteiger charge is 2.45. The molecular weight excluding hydrogens is 238 g/mol. The molecule has 18 heavy (non-hydrogen) atoms. The highest BCUT2D eigenvalue weighted by molar-refractivity contribution is 5.91. The van der Waals surface area contributed by atoms with Crippen molar-refractivity contribution in [1.29, 1.82) is 0 Å². The molecular formula is C11H15N3O4. The lowest BCUT2D eigenvalue weighted by atomic mass is 9.84. The van der Waals surface area contributed by atoms with Gasteiger partial charge < -0.3 is 14.5 Å². The second kappa shape index (κ2) is 4.40. The van der Waals surface area contributed by atoms with E-state index in [4.69, 9.17) is 4.52 Å². The molecule has 1 aliphatic heterocycles. The van der Waals surface area contributed by atoms with Gasteiger partial charge in [-0.15, -0.1) is 0 Å². The number of aromatic nitrogens is 2. The fourth-order valence-corrected chi connectivity index (χ4v) is 2.19.